The Morgan fingerprint density at radius 2 is 1.93 bits per heavy atom. The molecule has 0 aromatic rings. The quantitative estimate of drug-likeness (QED) is 0.669. The Bertz CT molecular complexity index is 179. The Morgan fingerprint density at radius 1 is 1.36 bits per heavy atom. The van der Waals surface area contributed by atoms with E-state index in [0.29, 0.717) is 5.88 Å². The van der Waals surface area contributed by atoms with Gasteiger partial charge in [0.25, 0.3) is 0 Å². The van der Waals surface area contributed by atoms with Gasteiger partial charge in [-0.15, -0.1) is 11.6 Å². The lowest BCUT2D eigenvalue weighted by Crippen LogP contribution is -2.34. The van der Waals surface area contributed by atoms with E-state index in [2.05, 4.69) is 0 Å². The Morgan fingerprint density at radius 3 is 2.43 bits per heavy atom. The third kappa shape index (κ3) is 3.74. The fraction of sp³-hybridized carbons (Fsp3) is 0.900. The van der Waals surface area contributed by atoms with Crippen LogP contribution in [-0.4, -0.2) is 36.1 Å². The first kappa shape index (κ1) is 11.6. The van der Waals surface area contributed by atoms with E-state index in [-0.39, 0.29) is 12.2 Å². The zero-order valence-electron chi connectivity index (χ0n) is 8.67. The van der Waals surface area contributed by atoms with Crippen molar-refractivity contribution in [1.29, 1.82) is 0 Å². The summed E-state index contributed by atoms with van der Waals surface area (Å²) in [5.41, 5.74) is 0. The SMILES string of the molecule is CC(CCl)OC(=O)N1CCCCCC1. The maximum atomic E-state index is 11.6. The lowest BCUT2D eigenvalue weighted by molar-refractivity contribution is 0.0790. The summed E-state index contributed by atoms with van der Waals surface area (Å²) in [7, 11) is 0. The standard InChI is InChI=1S/C10H18ClNO2/c1-9(8-11)14-10(13)12-6-4-2-3-5-7-12/h9H,2-8H2,1H3. The number of carbonyl (C=O) groups excluding carboxylic acids is 1. The van der Waals surface area contributed by atoms with Crippen LogP contribution in [0.5, 0.6) is 0 Å². The summed E-state index contributed by atoms with van der Waals surface area (Å²) in [5, 5.41) is 0. The molecule has 0 aromatic heterocycles. The first-order valence-electron chi connectivity index (χ1n) is 5.25. The molecule has 0 radical (unpaired) electrons. The summed E-state index contributed by atoms with van der Waals surface area (Å²) in [6.45, 7) is 3.46. The number of halogens is 1. The number of nitrogens with zero attached hydrogens (tertiary/aromatic N) is 1. The van der Waals surface area contributed by atoms with E-state index in [1.807, 2.05) is 6.92 Å². The van der Waals surface area contributed by atoms with Crippen LogP contribution < -0.4 is 0 Å². The van der Waals surface area contributed by atoms with Crippen molar-refractivity contribution in [3.63, 3.8) is 0 Å². The van der Waals surface area contributed by atoms with Crippen molar-refractivity contribution in [2.75, 3.05) is 19.0 Å². The first-order valence-corrected chi connectivity index (χ1v) is 5.79. The molecule has 0 bridgehead atoms. The minimum atomic E-state index is -0.208. The molecule has 1 rings (SSSR count). The molecule has 1 saturated heterocycles. The fourth-order valence-electron chi connectivity index (χ4n) is 1.53. The number of ether oxygens (including phenoxy) is 1. The number of amides is 1. The van der Waals surface area contributed by atoms with E-state index < -0.39 is 0 Å². The summed E-state index contributed by atoms with van der Waals surface area (Å²) in [6, 6.07) is 0. The van der Waals surface area contributed by atoms with Crippen molar-refractivity contribution in [2.24, 2.45) is 0 Å². The van der Waals surface area contributed by atoms with Crippen LogP contribution in [0, 0.1) is 0 Å². The number of carbonyl (C=O) groups is 1. The number of rotatable bonds is 2. The van der Waals surface area contributed by atoms with Gasteiger partial charge in [-0.3, -0.25) is 0 Å². The predicted molar refractivity (Wildman–Crippen MR) is 56.7 cm³/mol. The molecule has 0 spiro atoms. The van der Waals surface area contributed by atoms with Crippen LogP contribution in [0.2, 0.25) is 0 Å². The molecule has 3 nitrogen and oxygen atoms in total. The van der Waals surface area contributed by atoms with E-state index in [1.54, 1.807) is 4.90 Å². The van der Waals surface area contributed by atoms with Crippen LogP contribution in [0.15, 0.2) is 0 Å². The van der Waals surface area contributed by atoms with E-state index in [1.165, 1.54) is 12.8 Å². The molecule has 1 atom stereocenters. The summed E-state index contributed by atoms with van der Waals surface area (Å²) in [6.07, 6.45) is 4.21. The summed E-state index contributed by atoms with van der Waals surface area (Å²) in [4.78, 5) is 13.4. The average molecular weight is 220 g/mol. The lowest BCUT2D eigenvalue weighted by atomic mass is 10.2. The van der Waals surface area contributed by atoms with Gasteiger partial charge in [-0.2, -0.15) is 0 Å². The minimum Gasteiger partial charge on any atom is -0.445 e. The van der Waals surface area contributed by atoms with Crippen LogP contribution in [0.25, 0.3) is 0 Å². The molecule has 0 saturated carbocycles. The Kier molecular flexibility index (Phi) is 5.09. The van der Waals surface area contributed by atoms with Crippen molar-refractivity contribution >= 4 is 17.7 Å². The molecule has 14 heavy (non-hydrogen) atoms. The Labute approximate surface area is 90.4 Å². The molecule has 1 aliphatic heterocycles. The van der Waals surface area contributed by atoms with Crippen molar-refractivity contribution in [3.05, 3.63) is 0 Å². The van der Waals surface area contributed by atoms with Crippen LogP contribution in [-0.2, 0) is 4.74 Å². The van der Waals surface area contributed by atoms with Gasteiger partial charge in [0.1, 0.15) is 6.10 Å². The number of alkyl halides is 1. The van der Waals surface area contributed by atoms with Gasteiger partial charge in [-0.1, -0.05) is 12.8 Å². The number of hydrogen-bond donors (Lipinski definition) is 0. The Balaban J connectivity index is 2.34. The molecule has 0 N–H and O–H groups in total. The zero-order chi connectivity index (χ0) is 10.4. The van der Waals surface area contributed by atoms with Crippen LogP contribution in [0.4, 0.5) is 4.79 Å². The minimum absolute atomic E-state index is 0.188. The van der Waals surface area contributed by atoms with Crippen molar-refractivity contribution in [3.8, 4) is 0 Å². The van der Waals surface area contributed by atoms with Gasteiger partial charge in [-0.25, -0.2) is 4.79 Å². The highest BCUT2D eigenvalue weighted by Crippen LogP contribution is 2.11. The lowest BCUT2D eigenvalue weighted by Gasteiger charge is -2.21. The zero-order valence-corrected chi connectivity index (χ0v) is 9.42. The molecular formula is C10H18ClNO2. The molecule has 1 unspecified atom stereocenters. The number of hydrogen-bond acceptors (Lipinski definition) is 2. The van der Waals surface area contributed by atoms with Gasteiger partial charge in [0, 0.05) is 13.1 Å². The largest absolute Gasteiger partial charge is 0.445 e. The van der Waals surface area contributed by atoms with E-state index in [4.69, 9.17) is 16.3 Å². The van der Waals surface area contributed by atoms with Crippen molar-refractivity contribution in [1.82, 2.24) is 4.90 Å². The van der Waals surface area contributed by atoms with E-state index >= 15 is 0 Å². The van der Waals surface area contributed by atoms with Crippen molar-refractivity contribution < 1.29 is 9.53 Å². The fourth-order valence-corrected chi connectivity index (χ4v) is 1.59. The molecule has 0 aliphatic carbocycles. The third-order valence-electron chi connectivity index (χ3n) is 2.38. The van der Waals surface area contributed by atoms with Crippen LogP contribution in [0.3, 0.4) is 0 Å². The molecule has 4 heteroatoms. The second kappa shape index (κ2) is 6.12. The topological polar surface area (TPSA) is 29.5 Å². The summed E-state index contributed by atoms with van der Waals surface area (Å²) < 4.78 is 5.15. The molecule has 0 aromatic carbocycles. The molecule has 82 valence electrons. The van der Waals surface area contributed by atoms with Crippen molar-refractivity contribution in [2.45, 2.75) is 38.7 Å². The molecule has 1 amide bonds. The van der Waals surface area contributed by atoms with Gasteiger partial charge >= 0.3 is 6.09 Å². The van der Waals surface area contributed by atoms with E-state index in [0.717, 1.165) is 25.9 Å². The molecule has 1 aliphatic rings. The van der Waals surface area contributed by atoms with Crippen LogP contribution >= 0.6 is 11.6 Å². The third-order valence-corrected chi connectivity index (χ3v) is 2.82. The summed E-state index contributed by atoms with van der Waals surface area (Å²) in [5.74, 6) is 0.361. The maximum Gasteiger partial charge on any atom is 0.410 e. The highest BCUT2D eigenvalue weighted by atomic mass is 35.5. The van der Waals surface area contributed by atoms with Gasteiger partial charge in [0.2, 0.25) is 0 Å². The second-order valence-corrected chi connectivity index (χ2v) is 4.06. The first-order chi connectivity index (χ1) is 6.74. The summed E-state index contributed by atoms with van der Waals surface area (Å²) >= 11 is 5.57. The molecular weight excluding hydrogens is 202 g/mol. The molecule has 1 heterocycles. The second-order valence-electron chi connectivity index (χ2n) is 3.75. The van der Waals surface area contributed by atoms with Gasteiger partial charge in [0.15, 0.2) is 0 Å². The van der Waals surface area contributed by atoms with Gasteiger partial charge < -0.3 is 9.64 Å². The van der Waals surface area contributed by atoms with Gasteiger partial charge in [0.05, 0.1) is 5.88 Å². The Hall–Kier alpha value is -0.440. The monoisotopic (exact) mass is 219 g/mol. The molecule has 1 fully saturated rings. The maximum absolute atomic E-state index is 11.6. The highest BCUT2D eigenvalue weighted by Gasteiger charge is 2.18. The van der Waals surface area contributed by atoms with E-state index in [9.17, 15) is 4.79 Å². The smallest absolute Gasteiger partial charge is 0.410 e. The normalized spacial score (nSPS) is 20.0. The highest BCUT2D eigenvalue weighted by molar-refractivity contribution is 6.18. The number of likely N-dealkylation sites (tertiary alicyclic amines) is 1. The average Bonchev–Trinajstić information content (AvgIpc) is 2.45. The van der Waals surface area contributed by atoms with Crippen LogP contribution in [0.1, 0.15) is 32.6 Å². The predicted octanol–water partition coefficient (Wildman–Crippen LogP) is 2.63. The van der Waals surface area contributed by atoms with Gasteiger partial charge in [-0.05, 0) is 19.8 Å².